The van der Waals surface area contributed by atoms with E-state index >= 15 is 0 Å². The predicted octanol–water partition coefficient (Wildman–Crippen LogP) is 3.47. The monoisotopic (exact) mass is 292 g/mol. The Balaban J connectivity index is 2.22. The summed E-state index contributed by atoms with van der Waals surface area (Å²) < 4.78 is 10.7. The van der Waals surface area contributed by atoms with E-state index in [1.165, 1.54) is 10.4 Å². The van der Waals surface area contributed by atoms with Crippen LogP contribution in [0.5, 0.6) is 5.75 Å². The Labute approximate surface area is 123 Å². The molecule has 108 valence electrons. The number of rotatable bonds is 6. The van der Waals surface area contributed by atoms with Gasteiger partial charge < -0.3 is 14.6 Å². The van der Waals surface area contributed by atoms with Crippen molar-refractivity contribution in [2.45, 2.75) is 20.0 Å². The number of thiophene rings is 1. The summed E-state index contributed by atoms with van der Waals surface area (Å²) in [7, 11) is 1.64. The van der Waals surface area contributed by atoms with Gasteiger partial charge in [-0.2, -0.15) is 0 Å². The summed E-state index contributed by atoms with van der Waals surface area (Å²) in [4.78, 5) is 2.18. The molecule has 4 heteroatoms. The van der Waals surface area contributed by atoms with Gasteiger partial charge in [0.1, 0.15) is 18.5 Å². The molecule has 0 fully saturated rings. The molecule has 2 rings (SSSR count). The van der Waals surface area contributed by atoms with Crippen LogP contribution in [0.25, 0.3) is 0 Å². The number of para-hydroxylation sites is 1. The lowest BCUT2D eigenvalue weighted by atomic mass is 10.1. The summed E-state index contributed by atoms with van der Waals surface area (Å²) in [5, 5.41) is 10.6. The van der Waals surface area contributed by atoms with Crippen LogP contribution in [0, 0.1) is 13.8 Å². The van der Waals surface area contributed by atoms with Crippen LogP contribution in [-0.4, -0.2) is 25.4 Å². The minimum atomic E-state index is -0.647. The van der Waals surface area contributed by atoms with Crippen LogP contribution in [-0.2, 0) is 4.74 Å². The molecule has 1 aromatic carbocycles. The van der Waals surface area contributed by atoms with E-state index < -0.39 is 6.10 Å². The van der Waals surface area contributed by atoms with Gasteiger partial charge in [-0.25, -0.2) is 0 Å². The summed E-state index contributed by atoms with van der Waals surface area (Å²) in [5.41, 5.74) is 2.01. The molecule has 0 spiro atoms. The van der Waals surface area contributed by atoms with Crippen molar-refractivity contribution in [1.82, 2.24) is 0 Å². The Bertz CT molecular complexity index is 543. The van der Waals surface area contributed by atoms with E-state index in [-0.39, 0.29) is 0 Å². The molecule has 1 unspecified atom stereocenters. The van der Waals surface area contributed by atoms with Crippen LogP contribution in [0.2, 0.25) is 0 Å². The van der Waals surface area contributed by atoms with Crippen LogP contribution >= 0.6 is 11.3 Å². The van der Waals surface area contributed by atoms with E-state index in [0.717, 1.165) is 10.4 Å². The van der Waals surface area contributed by atoms with E-state index in [2.05, 4.69) is 13.8 Å². The lowest BCUT2D eigenvalue weighted by Crippen LogP contribution is -2.07. The van der Waals surface area contributed by atoms with Crippen molar-refractivity contribution >= 4 is 11.3 Å². The Morgan fingerprint density at radius 2 is 1.95 bits per heavy atom. The highest BCUT2D eigenvalue weighted by Gasteiger charge is 2.17. The average molecular weight is 292 g/mol. The van der Waals surface area contributed by atoms with Gasteiger partial charge in [0.25, 0.3) is 0 Å². The number of benzene rings is 1. The zero-order chi connectivity index (χ0) is 14.5. The van der Waals surface area contributed by atoms with Gasteiger partial charge in [-0.05, 0) is 31.5 Å². The van der Waals surface area contributed by atoms with E-state index in [4.69, 9.17) is 9.47 Å². The van der Waals surface area contributed by atoms with Gasteiger partial charge in [0.05, 0.1) is 6.61 Å². The van der Waals surface area contributed by atoms with Crippen LogP contribution in [0.3, 0.4) is 0 Å². The predicted molar refractivity (Wildman–Crippen MR) is 81.7 cm³/mol. The zero-order valence-electron chi connectivity index (χ0n) is 12.1. The zero-order valence-corrected chi connectivity index (χ0v) is 12.9. The number of methoxy groups -OCH3 is 1. The maximum Gasteiger partial charge on any atom is 0.125 e. The molecule has 3 nitrogen and oxygen atoms in total. The molecular weight excluding hydrogens is 272 g/mol. The molecule has 1 N–H and O–H groups in total. The quantitative estimate of drug-likeness (QED) is 0.829. The van der Waals surface area contributed by atoms with Gasteiger partial charge in [-0.15, -0.1) is 11.3 Å². The van der Waals surface area contributed by atoms with Gasteiger partial charge in [0.15, 0.2) is 0 Å². The van der Waals surface area contributed by atoms with E-state index in [1.807, 2.05) is 30.3 Å². The highest BCUT2D eigenvalue weighted by atomic mass is 32.1. The summed E-state index contributed by atoms with van der Waals surface area (Å²) in [5.74, 6) is 0.709. The molecule has 1 aromatic heterocycles. The molecule has 0 bridgehead atoms. The summed E-state index contributed by atoms with van der Waals surface area (Å²) >= 11 is 1.62. The Morgan fingerprint density at radius 1 is 1.20 bits per heavy atom. The van der Waals surface area contributed by atoms with Crippen molar-refractivity contribution < 1.29 is 14.6 Å². The number of hydrogen-bond acceptors (Lipinski definition) is 4. The van der Waals surface area contributed by atoms with Gasteiger partial charge >= 0.3 is 0 Å². The topological polar surface area (TPSA) is 38.7 Å². The maximum atomic E-state index is 10.6. The fourth-order valence-corrected chi connectivity index (χ4v) is 3.01. The first kappa shape index (κ1) is 15.0. The molecule has 1 atom stereocenters. The second-order valence-electron chi connectivity index (χ2n) is 4.67. The highest BCUT2D eigenvalue weighted by molar-refractivity contribution is 7.12. The Hall–Kier alpha value is -1.36. The SMILES string of the molecule is COCCOc1ccccc1C(O)c1cc(C)c(C)s1. The van der Waals surface area contributed by atoms with E-state index in [0.29, 0.717) is 19.0 Å². The summed E-state index contributed by atoms with van der Waals surface area (Å²) in [6.45, 7) is 5.13. The molecule has 0 amide bonds. The maximum absolute atomic E-state index is 10.6. The van der Waals surface area contributed by atoms with Gasteiger partial charge in [0.2, 0.25) is 0 Å². The lowest BCUT2D eigenvalue weighted by molar-refractivity contribution is 0.142. The van der Waals surface area contributed by atoms with Gasteiger partial charge in [-0.3, -0.25) is 0 Å². The fraction of sp³-hybridized carbons (Fsp3) is 0.375. The number of hydrogen-bond donors (Lipinski definition) is 1. The molecule has 0 aliphatic carbocycles. The minimum Gasteiger partial charge on any atom is -0.491 e. The van der Waals surface area contributed by atoms with Gasteiger partial charge in [0, 0.05) is 22.4 Å². The number of ether oxygens (including phenoxy) is 2. The van der Waals surface area contributed by atoms with Crippen molar-refractivity contribution in [3.63, 3.8) is 0 Å². The van der Waals surface area contributed by atoms with E-state index in [9.17, 15) is 5.11 Å². The minimum absolute atomic E-state index is 0.475. The molecule has 0 aliphatic heterocycles. The Morgan fingerprint density at radius 3 is 2.60 bits per heavy atom. The van der Waals surface area contributed by atoms with Crippen LogP contribution in [0.1, 0.15) is 27.0 Å². The highest BCUT2D eigenvalue weighted by Crippen LogP contribution is 2.34. The number of aryl methyl sites for hydroxylation is 2. The van der Waals surface area contributed by atoms with E-state index in [1.54, 1.807) is 18.4 Å². The lowest BCUT2D eigenvalue weighted by Gasteiger charge is -2.15. The molecule has 0 saturated heterocycles. The molecule has 0 aliphatic rings. The first-order valence-electron chi connectivity index (χ1n) is 6.59. The molecule has 2 aromatic rings. The number of aliphatic hydroxyl groups excluding tert-OH is 1. The van der Waals surface area contributed by atoms with Crippen molar-refractivity contribution in [2.24, 2.45) is 0 Å². The second kappa shape index (κ2) is 6.88. The van der Waals surface area contributed by atoms with Gasteiger partial charge in [-0.1, -0.05) is 18.2 Å². The van der Waals surface area contributed by atoms with Crippen LogP contribution in [0.4, 0.5) is 0 Å². The summed E-state index contributed by atoms with van der Waals surface area (Å²) in [6, 6.07) is 9.63. The molecule has 20 heavy (non-hydrogen) atoms. The molecule has 0 radical (unpaired) electrons. The van der Waals surface area contributed by atoms with Crippen LogP contribution in [0.15, 0.2) is 30.3 Å². The second-order valence-corrected chi connectivity index (χ2v) is 5.96. The first-order chi connectivity index (χ1) is 9.63. The van der Waals surface area contributed by atoms with Crippen molar-refractivity contribution in [2.75, 3.05) is 20.3 Å². The average Bonchev–Trinajstić information content (AvgIpc) is 2.79. The first-order valence-corrected chi connectivity index (χ1v) is 7.40. The molecule has 1 heterocycles. The number of aliphatic hydroxyl groups is 1. The third kappa shape index (κ3) is 3.39. The van der Waals surface area contributed by atoms with Crippen molar-refractivity contribution in [1.29, 1.82) is 0 Å². The third-order valence-corrected chi connectivity index (χ3v) is 4.42. The van der Waals surface area contributed by atoms with Crippen molar-refractivity contribution in [3.05, 3.63) is 51.2 Å². The summed E-state index contributed by atoms with van der Waals surface area (Å²) in [6.07, 6.45) is -0.647. The Kier molecular flexibility index (Phi) is 5.17. The van der Waals surface area contributed by atoms with Crippen molar-refractivity contribution in [3.8, 4) is 5.75 Å². The standard InChI is InChI=1S/C16H20O3S/c1-11-10-15(20-12(11)2)16(17)13-6-4-5-7-14(13)19-9-8-18-3/h4-7,10,16-17H,8-9H2,1-3H3. The molecular formula is C16H20O3S. The normalized spacial score (nSPS) is 12.4. The smallest absolute Gasteiger partial charge is 0.125 e. The fourth-order valence-electron chi connectivity index (χ4n) is 1.96. The largest absolute Gasteiger partial charge is 0.491 e. The molecule has 0 saturated carbocycles. The third-order valence-electron chi connectivity index (χ3n) is 3.21. The van der Waals surface area contributed by atoms with Crippen LogP contribution < -0.4 is 4.74 Å².